The number of nitrogens with one attached hydrogen (secondary N) is 2. The predicted octanol–water partition coefficient (Wildman–Crippen LogP) is 2.16. The summed E-state index contributed by atoms with van der Waals surface area (Å²) < 4.78 is 0. The number of hydrogen-bond acceptors (Lipinski definition) is 5. The van der Waals surface area contributed by atoms with Crippen LogP contribution in [-0.2, 0) is 0 Å². The van der Waals surface area contributed by atoms with Gasteiger partial charge in [-0.2, -0.15) is 0 Å². The number of H-pyrrole nitrogens is 1. The fourth-order valence-corrected chi connectivity index (χ4v) is 1.94. The maximum atomic E-state index is 4.17. The molecule has 0 radical (unpaired) electrons. The van der Waals surface area contributed by atoms with Gasteiger partial charge >= 0.3 is 0 Å². The zero-order chi connectivity index (χ0) is 10.1. The summed E-state index contributed by atoms with van der Waals surface area (Å²) in [5.74, 6) is 0.750. The van der Waals surface area contributed by atoms with Crippen molar-refractivity contribution >= 4 is 33.3 Å². The van der Waals surface area contributed by atoms with Gasteiger partial charge in [0.15, 0.2) is 11.5 Å². The number of rotatable bonds is 2. The van der Waals surface area contributed by atoms with Crippen LogP contribution in [0.25, 0.3) is 11.2 Å². The standard InChI is InChI=1S/C9H7N5S/c1-2-6(15-3-1)14-9-7-8(11-4-10-7)12-5-13-9/h1-5H,(H2,10,11,12,13,14). The van der Waals surface area contributed by atoms with Gasteiger partial charge in [-0.05, 0) is 17.5 Å². The van der Waals surface area contributed by atoms with Crippen LogP contribution in [0.5, 0.6) is 0 Å². The van der Waals surface area contributed by atoms with Gasteiger partial charge in [0.1, 0.15) is 11.8 Å². The van der Waals surface area contributed by atoms with Gasteiger partial charge in [-0.3, -0.25) is 0 Å². The second kappa shape index (κ2) is 3.32. The van der Waals surface area contributed by atoms with Crippen molar-refractivity contribution in [3.05, 3.63) is 30.2 Å². The summed E-state index contributed by atoms with van der Waals surface area (Å²) in [6.07, 6.45) is 3.11. The molecule has 0 aliphatic rings. The Kier molecular flexibility index (Phi) is 1.85. The maximum absolute atomic E-state index is 4.17. The molecule has 0 aromatic carbocycles. The van der Waals surface area contributed by atoms with Crippen molar-refractivity contribution in [2.45, 2.75) is 0 Å². The molecule has 0 atom stereocenters. The lowest BCUT2D eigenvalue weighted by molar-refractivity contribution is 1.20. The molecule has 0 amide bonds. The normalized spacial score (nSPS) is 10.7. The van der Waals surface area contributed by atoms with Crippen molar-refractivity contribution in [1.82, 2.24) is 19.9 Å². The third-order valence-corrected chi connectivity index (χ3v) is 2.77. The number of anilines is 2. The summed E-state index contributed by atoms with van der Waals surface area (Å²) in [5, 5.41) is 6.26. The minimum Gasteiger partial charge on any atom is -0.340 e. The third kappa shape index (κ3) is 1.44. The largest absolute Gasteiger partial charge is 0.340 e. The van der Waals surface area contributed by atoms with Gasteiger partial charge in [0.25, 0.3) is 0 Å². The lowest BCUT2D eigenvalue weighted by Crippen LogP contribution is -1.93. The van der Waals surface area contributed by atoms with E-state index in [2.05, 4.69) is 25.3 Å². The van der Waals surface area contributed by atoms with Crippen LogP contribution >= 0.6 is 11.3 Å². The van der Waals surface area contributed by atoms with E-state index in [1.807, 2.05) is 17.5 Å². The summed E-state index contributed by atoms with van der Waals surface area (Å²) in [6, 6.07) is 3.98. The first kappa shape index (κ1) is 8.37. The first-order valence-electron chi connectivity index (χ1n) is 4.38. The van der Waals surface area contributed by atoms with Gasteiger partial charge in [-0.25, -0.2) is 15.0 Å². The molecule has 15 heavy (non-hydrogen) atoms. The average molecular weight is 217 g/mol. The van der Waals surface area contributed by atoms with Gasteiger partial charge in [-0.1, -0.05) is 0 Å². The molecule has 6 heteroatoms. The van der Waals surface area contributed by atoms with Crippen molar-refractivity contribution in [2.24, 2.45) is 0 Å². The van der Waals surface area contributed by atoms with Gasteiger partial charge in [0, 0.05) is 0 Å². The molecule has 74 valence electrons. The molecular weight excluding hydrogens is 210 g/mol. The van der Waals surface area contributed by atoms with Crippen LogP contribution < -0.4 is 5.32 Å². The molecule has 0 spiro atoms. The Morgan fingerprint density at radius 2 is 2.27 bits per heavy atom. The molecule has 0 aliphatic heterocycles. The van der Waals surface area contributed by atoms with E-state index >= 15 is 0 Å². The molecule has 0 fully saturated rings. The van der Waals surface area contributed by atoms with E-state index in [9.17, 15) is 0 Å². The monoisotopic (exact) mass is 217 g/mol. The number of nitrogens with zero attached hydrogens (tertiary/aromatic N) is 3. The first-order chi connectivity index (χ1) is 7.43. The molecule has 3 aromatic heterocycles. The zero-order valence-corrected chi connectivity index (χ0v) is 8.45. The van der Waals surface area contributed by atoms with Crippen molar-refractivity contribution in [3.63, 3.8) is 0 Å². The molecule has 0 saturated heterocycles. The van der Waals surface area contributed by atoms with Crippen LogP contribution in [0.1, 0.15) is 0 Å². The Labute approximate surface area is 89.2 Å². The van der Waals surface area contributed by atoms with E-state index < -0.39 is 0 Å². The third-order valence-electron chi connectivity index (χ3n) is 1.99. The SMILES string of the molecule is c1csc(Nc2ncnc3nc[nH]c23)c1. The molecule has 3 heterocycles. The van der Waals surface area contributed by atoms with Crippen molar-refractivity contribution in [1.29, 1.82) is 0 Å². The van der Waals surface area contributed by atoms with E-state index in [0.717, 1.165) is 16.3 Å². The van der Waals surface area contributed by atoms with Crippen molar-refractivity contribution < 1.29 is 0 Å². The van der Waals surface area contributed by atoms with E-state index in [-0.39, 0.29) is 0 Å². The van der Waals surface area contributed by atoms with Crippen LogP contribution in [0.4, 0.5) is 10.8 Å². The van der Waals surface area contributed by atoms with Crippen LogP contribution in [0.3, 0.4) is 0 Å². The van der Waals surface area contributed by atoms with E-state index in [1.165, 1.54) is 6.33 Å². The van der Waals surface area contributed by atoms with Gasteiger partial charge < -0.3 is 10.3 Å². The summed E-state index contributed by atoms with van der Waals surface area (Å²) in [7, 11) is 0. The van der Waals surface area contributed by atoms with Crippen LogP contribution in [0, 0.1) is 0 Å². The van der Waals surface area contributed by atoms with Crippen LogP contribution in [-0.4, -0.2) is 19.9 Å². The number of imidazole rings is 1. The Hall–Kier alpha value is -1.95. The second-order valence-corrected chi connectivity index (χ2v) is 3.87. The first-order valence-corrected chi connectivity index (χ1v) is 5.26. The highest BCUT2D eigenvalue weighted by Gasteiger charge is 2.05. The lowest BCUT2D eigenvalue weighted by Gasteiger charge is -2.01. The van der Waals surface area contributed by atoms with E-state index in [0.29, 0.717) is 5.65 Å². The van der Waals surface area contributed by atoms with Gasteiger partial charge in [-0.15, -0.1) is 11.3 Å². The summed E-state index contributed by atoms with van der Waals surface area (Å²) in [4.78, 5) is 15.3. The van der Waals surface area contributed by atoms with Gasteiger partial charge in [0.2, 0.25) is 0 Å². The maximum Gasteiger partial charge on any atom is 0.182 e. The molecular formula is C9H7N5S. The van der Waals surface area contributed by atoms with Crippen LogP contribution in [0.15, 0.2) is 30.2 Å². The fraction of sp³-hybridized carbons (Fsp3) is 0. The molecule has 0 bridgehead atoms. The van der Waals surface area contributed by atoms with Gasteiger partial charge in [0.05, 0.1) is 11.3 Å². The number of aromatic amines is 1. The second-order valence-electron chi connectivity index (χ2n) is 2.93. The smallest absolute Gasteiger partial charge is 0.182 e. The van der Waals surface area contributed by atoms with Crippen LogP contribution in [0.2, 0.25) is 0 Å². The lowest BCUT2D eigenvalue weighted by atomic mass is 10.5. The zero-order valence-electron chi connectivity index (χ0n) is 7.64. The summed E-state index contributed by atoms with van der Waals surface area (Å²) in [5.41, 5.74) is 1.50. The highest BCUT2D eigenvalue weighted by atomic mass is 32.1. The van der Waals surface area contributed by atoms with E-state index in [1.54, 1.807) is 17.7 Å². The highest BCUT2D eigenvalue weighted by molar-refractivity contribution is 7.14. The summed E-state index contributed by atoms with van der Waals surface area (Å²) in [6.45, 7) is 0. The molecule has 3 rings (SSSR count). The Morgan fingerprint density at radius 3 is 3.13 bits per heavy atom. The quantitative estimate of drug-likeness (QED) is 0.690. The Morgan fingerprint density at radius 1 is 1.27 bits per heavy atom. The molecule has 0 aliphatic carbocycles. The Bertz CT molecular complexity index is 571. The van der Waals surface area contributed by atoms with Crippen molar-refractivity contribution in [3.8, 4) is 0 Å². The number of hydrogen-bond donors (Lipinski definition) is 2. The fourth-order valence-electron chi connectivity index (χ4n) is 1.33. The topological polar surface area (TPSA) is 66.5 Å². The van der Waals surface area contributed by atoms with E-state index in [4.69, 9.17) is 0 Å². The molecule has 3 aromatic rings. The Balaban J connectivity index is 2.07. The minimum atomic E-state index is 0.670. The molecule has 0 saturated carbocycles. The molecule has 2 N–H and O–H groups in total. The minimum absolute atomic E-state index is 0.670. The number of thiophene rings is 1. The van der Waals surface area contributed by atoms with Crippen molar-refractivity contribution in [2.75, 3.05) is 5.32 Å². The number of aromatic nitrogens is 4. The highest BCUT2D eigenvalue weighted by Crippen LogP contribution is 2.23. The molecule has 5 nitrogen and oxygen atoms in total. The average Bonchev–Trinajstić information content (AvgIpc) is 2.87. The molecule has 0 unspecified atom stereocenters. The predicted molar refractivity (Wildman–Crippen MR) is 59.3 cm³/mol. The summed E-state index contributed by atoms with van der Waals surface area (Å²) >= 11 is 1.62. The number of fused-ring (bicyclic) bond motifs is 1.